The average Bonchev–Trinajstić information content (AvgIpc) is 2.39. The van der Waals surface area contributed by atoms with Crippen LogP contribution in [0.2, 0.25) is 0 Å². The Hall–Kier alpha value is -0.980. The lowest BCUT2D eigenvalue weighted by atomic mass is 10.2. The lowest BCUT2D eigenvalue weighted by Gasteiger charge is -2.16. The molecule has 0 heterocycles. The zero-order valence-electron chi connectivity index (χ0n) is 10.5. The van der Waals surface area contributed by atoms with Crippen LogP contribution in [0.25, 0.3) is 0 Å². The molecule has 0 aliphatic rings. The molecule has 0 amide bonds. The molecular formula is C12H14F5NS. The van der Waals surface area contributed by atoms with Crippen LogP contribution >= 0.6 is 11.8 Å². The summed E-state index contributed by atoms with van der Waals surface area (Å²) in [6, 6.07) is -0.396. The molecular weight excluding hydrogens is 285 g/mol. The van der Waals surface area contributed by atoms with Gasteiger partial charge < -0.3 is 5.32 Å². The highest BCUT2D eigenvalue weighted by Gasteiger charge is 2.26. The Morgan fingerprint density at radius 1 is 0.947 bits per heavy atom. The SMILES string of the molecule is CCSCCC(C)Nc1c(F)c(F)c(F)c(F)c1F. The third kappa shape index (κ3) is 3.75. The fraction of sp³-hybridized carbons (Fsp3) is 0.500. The van der Waals surface area contributed by atoms with Gasteiger partial charge in [0.2, 0.25) is 5.82 Å². The Bertz CT molecular complexity index is 423. The molecule has 1 unspecified atom stereocenters. The van der Waals surface area contributed by atoms with E-state index in [0.717, 1.165) is 11.5 Å². The van der Waals surface area contributed by atoms with Crippen LogP contribution in [-0.2, 0) is 0 Å². The molecule has 0 bridgehead atoms. The second-order valence-corrected chi connectivity index (χ2v) is 5.37. The summed E-state index contributed by atoms with van der Waals surface area (Å²) in [4.78, 5) is 0. The lowest BCUT2D eigenvalue weighted by Crippen LogP contribution is -2.19. The maximum absolute atomic E-state index is 13.4. The maximum atomic E-state index is 13.4. The maximum Gasteiger partial charge on any atom is 0.200 e. The molecule has 19 heavy (non-hydrogen) atoms. The van der Waals surface area contributed by atoms with E-state index in [9.17, 15) is 22.0 Å². The van der Waals surface area contributed by atoms with E-state index < -0.39 is 40.8 Å². The highest BCUT2D eigenvalue weighted by molar-refractivity contribution is 7.99. The summed E-state index contributed by atoms with van der Waals surface area (Å²) in [6.45, 7) is 3.58. The van der Waals surface area contributed by atoms with Crippen molar-refractivity contribution in [2.24, 2.45) is 0 Å². The topological polar surface area (TPSA) is 12.0 Å². The highest BCUT2D eigenvalue weighted by atomic mass is 32.2. The Kier molecular flexibility index (Phi) is 5.90. The summed E-state index contributed by atoms with van der Waals surface area (Å²) in [6.07, 6.45) is 0.554. The fourth-order valence-corrected chi connectivity index (χ4v) is 2.26. The zero-order valence-corrected chi connectivity index (χ0v) is 11.3. The first-order valence-electron chi connectivity index (χ1n) is 5.75. The highest BCUT2D eigenvalue weighted by Crippen LogP contribution is 2.27. The molecule has 0 aliphatic heterocycles. The van der Waals surface area contributed by atoms with E-state index >= 15 is 0 Å². The van der Waals surface area contributed by atoms with E-state index in [1.54, 1.807) is 18.7 Å². The number of nitrogens with one attached hydrogen (secondary N) is 1. The Morgan fingerprint density at radius 3 is 1.89 bits per heavy atom. The Balaban J connectivity index is 2.89. The van der Waals surface area contributed by atoms with Crippen LogP contribution in [-0.4, -0.2) is 17.5 Å². The van der Waals surface area contributed by atoms with Gasteiger partial charge in [0.15, 0.2) is 23.3 Å². The smallest absolute Gasteiger partial charge is 0.200 e. The van der Waals surface area contributed by atoms with Gasteiger partial charge in [0.1, 0.15) is 5.69 Å². The molecule has 1 rings (SSSR count). The quantitative estimate of drug-likeness (QED) is 0.363. The van der Waals surface area contributed by atoms with E-state index in [1.165, 1.54) is 0 Å². The number of thioether (sulfide) groups is 1. The summed E-state index contributed by atoms with van der Waals surface area (Å²) >= 11 is 1.63. The van der Waals surface area contributed by atoms with E-state index in [2.05, 4.69) is 5.32 Å². The molecule has 0 aromatic heterocycles. The molecule has 0 aliphatic carbocycles. The van der Waals surface area contributed by atoms with E-state index in [-0.39, 0.29) is 0 Å². The van der Waals surface area contributed by atoms with Crippen molar-refractivity contribution >= 4 is 17.4 Å². The van der Waals surface area contributed by atoms with Crippen LogP contribution in [0.4, 0.5) is 27.6 Å². The van der Waals surface area contributed by atoms with Crippen LogP contribution in [0.15, 0.2) is 0 Å². The summed E-state index contributed by atoms with van der Waals surface area (Å²) in [5.41, 5.74) is -0.967. The van der Waals surface area contributed by atoms with Gasteiger partial charge in [0.25, 0.3) is 0 Å². The normalized spacial score (nSPS) is 12.6. The molecule has 1 aromatic carbocycles. The van der Waals surface area contributed by atoms with E-state index in [4.69, 9.17) is 0 Å². The number of hydrogen-bond acceptors (Lipinski definition) is 2. The standard InChI is InChI=1S/C12H14F5NS/c1-3-19-5-4-6(2)18-12-10(16)8(14)7(13)9(15)11(12)17/h6,18H,3-5H2,1-2H3. The number of benzene rings is 1. The van der Waals surface area contributed by atoms with Crippen LogP contribution in [0, 0.1) is 29.1 Å². The third-order valence-electron chi connectivity index (χ3n) is 2.50. The van der Waals surface area contributed by atoms with E-state index in [1.807, 2.05) is 6.92 Å². The van der Waals surface area contributed by atoms with Crippen molar-refractivity contribution in [3.8, 4) is 0 Å². The molecule has 1 nitrogen and oxygen atoms in total. The first kappa shape index (κ1) is 16.1. The largest absolute Gasteiger partial charge is 0.378 e. The summed E-state index contributed by atoms with van der Waals surface area (Å²) in [5.74, 6) is -8.03. The molecule has 0 saturated heterocycles. The molecule has 0 radical (unpaired) electrons. The van der Waals surface area contributed by atoms with Gasteiger partial charge in [-0.05, 0) is 24.9 Å². The van der Waals surface area contributed by atoms with Gasteiger partial charge in [-0.15, -0.1) is 0 Å². The van der Waals surface area contributed by atoms with Gasteiger partial charge in [-0.3, -0.25) is 0 Å². The summed E-state index contributed by atoms with van der Waals surface area (Å²) < 4.78 is 65.5. The predicted molar refractivity (Wildman–Crippen MR) is 66.9 cm³/mol. The zero-order chi connectivity index (χ0) is 14.6. The monoisotopic (exact) mass is 299 g/mol. The van der Waals surface area contributed by atoms with Gasteiger partial charge in [0.05, 0.1) is 0 Å². The van der Waals surface area contributed by atoms with Gasteiger partial charge in [-0.2, -0.15) is 11.8 Å². The number of rotatable bonds is 6. The van der Waals surface area contributed by atoms with Crippen molar-refractivity contribution in [3.05, 3.63) is 29.1 Å². The van der Waals surface area contributed by atoms with Gasteiger partial charge >= 0.3 is 0 Å². The Labute approximate surface area is 112 Å². The molecule has 7 heteroatoms. The molecule has 1 aromatic rings. The Morgan fingerprint density at radius 2 is 1.42 bits per heavy atom. The summed E-state index contributed by atoms with van der Waals surface area (Å²) in [7, 11) is 0. The second-order valence-electron chi connectivity index (χ2n) is 3.98. The van der Waals surface area contributed by atoms with Crippen molar-refractivity contribution in [1.29, 1.82) is 0 Å². The van der Waals surface area contributed by atoms with Crippen molar-refractivity contribution in [3.63, 3.8) is 0 Å². The first-order valence-corrected chi connectivity index (χ1v) is 6.91. The number of halogens is 5. The molecule has 1 atom stereocenters. The van der Waals surface area contributed by atoms with Crippen LogP contribution in [0.3, 0.4) is 0 Å². The minimum absolute atomic E-state index is 0.396. The lowest BCUT2D eigenvalue weighted by molar-refractivity contribution is 0.380. The molecule has 0 saturated carbocycles. The summed E-state index contributed by atoms with van der Waals surface area (Å²) in [5, 5.41) is 2.34. The van der Waals surface area contributed by atoms with Gasteiger partial charge in [-0.25, -0.2) is 22.0 Å². The average molecular weight is 299 g/mol. The van der Waals surface area contributed by atoms with Crippen LogP contribution in [0.1, 0.15) is 20.3 Å². The molecule has 108 valence electrons. The predicted octanol–water partition coefficient (Wildman–Crippen LogP) is 4.33. The van der Waals surface area contributed by atoms with Crippen molar-refractivity contribution in [2.75, 3.05) is 16.8 Å². The van der Waals surface area contributed by atoms with Crippen LogP contribution < -0.4 is 5.32 Å². The first-order chi connectivity index (χ1) is 8.90. The fourth-order valence-electron chi connectivity index (χ4n) is 1.45. The molecule has 0 fully saturated rings. The van der Waals surface area contributed by atoms with Crippen molar-refractivity contribution in [1.82, 2.24) is 0 Å². The van der Waals surface area contributed by atoms with Crippen molar-refractivity contribution in [2.45, 2.75) is 26.3 Å². The van der Waals surface area contributed by atoms with Crippen LogP contribution in [0.5, 0.6) is 0 Å². The third-order valence-corrected chi connectivity index (χ3v) is 3.43. The van der Waals surface area contributed by atoms with Crippen molar-refractivity contribution < 1.29 is 22.0 Å². The number of hydrogen-bond donors (Lipinski definition) is 1. The molecule has 1 N–H and O–H groups in total. The minimum Gasteiger partial charge on any atom is -0.378 e. The number of anilines is 1. The van der Waals surface area contributed by atoms with Gasteiger partial charge in [-0.1, -0.05) is 6.92 Å². The minimum atomic E-state index is -2.14. The van der Waals surface area contributed by atoms with E-state index in [0.29, 0.717) is 6.42 Å². The molecule has 0 spiro atoms. The van der Waals surface area contributed by atoms with Gasteiger partial charge in [0, 0.05) is 6.04 Å². The second kappa shape index (κ2) is 6.98.